The van der Waals surface area contributed by atoms with E-state index in [1.807, 2.05) is 0 Å². The molecular formula is C31H26ClFN4O6S2. The Morgan fingerprint density at radius 1 is 1.13 bits per heavy atom. The molecule has 2 aromatic heterocycles. The van der Waals surface area contributed by atoms with Gasteiger partial charge < -0.3 is 14.2 Å². The number of carbonyl (C=O) groups excluding carboxylic acids is 1. The number of hydrogen-bond donors (Lipinski definition) is 1. The van der Waals surface area contributed by atoms with E-state index >= 15 is 0 Å². The van der Waals surface area contributed by atoms with E-state index in [1.54, 1.807) is 54.6 Å². The van der Waals surface area contributed by atoms with Gasteiger partial charge in [-0.15, -0.1) is 11.3 Å². The van der Waals surface area contributed by atoms with Gasteiger partial charge in [-0.05, 0) is 47.5 Å². The van der Waals surface area contributed by atoms with E-state index in [0.717, 1.165) is 4.31 Å². The summed E-state index contributed by atoms with van der Waals surface area (Å²) in [6, 6.07) is 18.1. The van der Waals surface area contributed by atoms with E-state index in [4.69, 9.17) is 25.8 Å². The summed E-state index contributed by atoms with van der Waals surface area (Å²) >= 11 is 7.82. The van der Waals surface area contributed by atoms with Crippen molar-refractivity contribution in [1.29, 1.82) is 0 Å². The van der Waals surface area contributed by atoms with Crippen LogP contribution in [0.15, 0.2) is 73.1 Å². The summed E-state index contributed by atoms with van der Waals surface area (Å²) < 4.78 is 61.3. The van der Waals surface area contributed by atoms with Crippen LogP contribution in [0.1, 0.15) is 5.56 Å². The van der Waals surface area contributed by atoms with Crippen molar-refractivity contribution in [3.05, 3.63) is 89.5 Å². The van der Waals surface area contributed by atoms with E-state index in [1.165, 1.54) is 44.0 Å². The first-order valence-corrected chi connectivity index (χ1v) is 16.3. The fourth-order valence-corrected chi connectivity index (χ4v) is 7.13. The highest BCUT2D eigenvalue weighted by molar-refractivity contribution is 7.87. The molecule has 0 fully saturated rings. The van der Waals surface area contributed by atoms with E-state index in [0.29, 0.717) is 53.9 Å². The Labute approximate surface area is 267 Å². The number of carbonyl (C=O) groups is 1. The molecule has 45 heavy (non-hydrogen) atoms. The summed E-state index contributed by atoms with van der Waals surface area (Å²) in [6.07, 6.45) is -0.105. The summed E-state index contributed by atoms with van der Waals surface area (Å²) in [4.78, 5) is 23.8. The zero-order valence-electron chi connectivity index (χ0n) is 24.0. The number of hydrogen-bond acceptors (Lipinski definition) is 9. The lowest BCUT2D eigenvalue weighted by Crippen LogP contribution is -2.48. The number of methoxy groups -OCH3 is 1. The summed E-state index contributed by atoms with van der Waals surface area (Å²) in [7, 11) is -1.44. The van der Waals surface area contributed by atoms with Crippen LogP contribution in [0.2, 0.25) is 5.02 Å². The molecule has 3 heterocycles. The molecule has 1 atom stereocenters. The number of fused-ring (bicyclic) bond motifs is 2. The number of likely N-dealkylation sites (N-methyl/N-ethyl adjacent to an activating group) is 1. The number of nitrogens with one attached hydrogen (secondary N) is 1. The van der Waals surface area contributed by atoms with Crippen LogP contribution in [-0.4, -0.2) is 62.0 Å². The third-order valence-electron chi connectivity index (χ3n) is 7.22. The molecule has 1 aliphatic rings. The number of nitrogens with zero attached hydrogens (tertiary/aromatic N) is 3. The molecule has 10 nitrogen and oxygen atoms in total. The van der Waals surface area contributed by atoms with Crippen LogP contribution < -0.4 is 18.9 Å². The Morgan fingerprint density at radius 2 is 1.91 bits per heavy atom. The number of para-hydroxylation sites is 1. The van der Waals surface area contributed by atoms with Crippen molar-refractivity contribution in [2.24, 2.45) is 0 Å². The Balaban J connectivity index is 1.61. The molecule has 0 spiro atoms. The lowest BCUT2D eigenvalue weighted by atomic mass is 9.99. The molecule has 1 aliphatic heterocycles. The molecule has 0 bridgehead atoms. The van der Waals surface area contributed by atoms with Crippen molar-refractivity contribution in [2.75, 3.05) is 27.3 Å². The maximum Gasteiger partial charge on any atom is 0.303 e. The van der Waals surface area contributed by atoms with Crippen LogP contribution in [0.25, 0.3) is 31.8 Å². The van der Waals surface area contributed by atoms with Gasteiger partial charge in [-0.1, -0.05) is 41.9 Å². The normalized spacial score (nSPS) is 17.0. The van der Waals surface area contributed by atoms with Gasteiger partial charge in [-0.2, -0.15) is 12.7 Å². The molecule has 0 saturated heterocycles. The summed E-state index contributed by atoms with van der Waals surface area (Å²) in [5.41, 5.74) is 2.46. The second-order valence-corrected chi connectivity index (χ2v) is 13.3. The topological polar surface area (TPSA) is 120 Å². The molecule has 1 N–H and O–H groups in total. The number of thiophene rings is 1. The fraction of sp³-hybridized carbons (Fsp3) is 0.194. The average Bonchev–Trinajstić information content (AvgIpc) is 3.41. The van der Waals surface area contributed by atoms with Crippen LogP contribution in [0.3, 0.4) is 0 Å². The second kappa shape index (κ2) is 12.6. The Hall–Kier alpha value is -4.30. The van der Waals surface area contributed by atoms with Crippen molar-refractivity contribution in [3.63, 3.8) is 0 Å². The van der Waals surface area contributed by atoms with Gasteiger partial charge >= 0.3 is 10.2 Å². The zero-order chi connectivity index (χ0) is 31.7. The van der Waals surface area contributed by atoms with E-state index in [9.17, 15) is 17.6 Å². The molecule has 0 aliphatic carbocycles. The molecule has 1 unspecified atom stereocenters. The number of rotatable bonds is 4. The van der Waals surface area contributed by atoms with Gasteiger partial charge in [-0.25, -0.2) is 19.1 Å². The highest BCUT2D eigenvalue weighted by Gasteiger charge is 2.32. The molecular weight excluding hydrogens is 643 g/mol. The molecule has 14 heteroatoms. The van der Waals surface area contributed by atoms with Crippen molar-refractivity contribution in [2.45, 2.75) is 12.5 Å². The predicted molar refractivity (Wildman–Crippen MR) is 170 cm³/mol. The van der Waals surface area contributed by atoms with Gasteiger partial charge in [0.25, 0.3) is 5.91 Å². The molecule has 5 aromatic rings. The fourth-order valence-electron chi connectivity index (χ4n) is 4.95. The van der Waals surface area contributed by atoms with Crippen LogP contribution in [0.4, 0.5) is 4.39 Å². The summed E-state index contributed by atoms with van der Waals surface area (Å²) in [6.45, 7) is -0.120. The summed E-state index contributed by atoms with van der Waals surface area (Å²) in [5, 5.41) is 0.860. The van der Waals surface area contributed by atoms with Crippen molar-refractivity contribution in [1.82, 2.24) is 19.0 Å². The molecule has 232 valence electrons. The minimum absolute atomic E-state index is 0.0309. The van der Waals surface area contributed by atoms with Crippen LogP contribution in [-0.2, 0) is 21.4 Å². The van der Waals surface area contributed by atoms with Crippen molar-refractivity contribution in [3.8, 4) is 38.9 Å². The smallest absolute Gasteiger partial charge is 0.303 e. The number of aromatic nitrogens is 2. The van der Waals surface area contributed by atoms with E-state index < -0.39 is 28.0 Å². The SMILES string of the molecule is COc1ccccc1CC1Oc2ncnc3sc(-c4ccc(F)cc4)c(c23)-c2cc(Cl)ccc2OCCN(C)S(=O)(=O)NC1=O. The number of amides is 1. The number of halogens is 2. The van der Waals surface area contributed by atoms with Crippen molar-refractivity contribution < 1.29 is 31.8 Å². The predicted octanol–water partition coefficient (Wildman–Crippen LogP) is 5.50. The van der Waals surface area contributed by atoms with Gasteiger partial charge in [0.05, 0.1) is 12.5 Å². The average molecular weight is 669 g/mol. The summed E-state index contributed by atoms with van der Waals surface area (Å²) in [5.74, 6) is -0.359. The number of benzene rings is 3. The van der Waals surface area contributed by atoms with Gasteiger partial charge in [0.1, 0.15) is 35.1 Å². The quantitative estimate of drug-likeness (QED) is 0.267. The lowest BCUT2D eigenvalue weighted by Gasteiger charge is -2.23. The standard InChI is InChI=1S/C31H26ClFN4O6S2/c1-37-13-14-42-24-12-9-20(32)16-22(24)26-27-30(34-17-35-31(27)44-28(26)18-7-10-21(33)11-8-18)43-25(29(38)36-45(37,39)40)15-19-5-3-4-6-23(19)41-2/h3-12,16-17,25H,13-15H2,1-2H3,(H,36,38). The number of ether oxygens (including phenoxy) is 3. The van der Waals surface area contributed by atoms with Crippen LogP contribution in [0.5, 0.6) is 17.4 Å². The van der Waals surface area contributed by atoms with Crippen LogP contribution in [0, 0.1) is 5.82 Å². The Morgan fingerprint density at radius 3 is 2.69 bits per heavy atom. The third-order valence-corrected chi connectivity index (χ3v) is 10.1. The molecule has 1 amide bonds. The third kappa shape index (κ3) is 6.29. The highest BCUT2D eigenvalue weighted by Crippen LogP contribution is 2.50. The first-order valence-electron chi connectivity index (χ1n) is 13.7. The Bertz CT molecular complexity index is 2010. The van der Waals surface area contributed by atoms with Gasteiger partial charge in [0.15, 0.2) is 6.10 Å². The minimum Gasteiger partial charge on any atom is -0.496 e. The highest BCUT2D eigenvalue weighted by atomic mass is 35.5. The monoisotopic (exact) mass is 668 g/mol. The molecule has 0 radical (unpaired) electrons. The Kier molecular flexibility index (Phi) is 8.60. The largest absolute Gasteiger partial charge is 0.496 e. The van der Waals surface area contributed by atoms with Crippen molar-refractivity contribution >= 4 is 49.3 Å². The van der Waals surface area contributed by atoms with E-state index in [2.05, 4.69) is 14.7 Å². The lowest BCUT2D eigenvalue weighted by molar-refractivity contribution is -0.126. The maximum atomic E-state index is 14.0. The second-order valence-electron chi connectivity index (χ2n) is 10.1. The van der Waals surface area contributed by atoms with Gasteiger partial charge in [-0.3, -0.25) is 4.79 Å². The van der Waals surface area contributed by atoms with E-state index in [-0.39, 0.29) is 25.5 Å². The first-order chi connectivity index (χ1) is 21.6. The van der Waals surface area contributed by atoms with Gasteiger partial charge in [0, 0.05) is 41.0 Å². The molecule has 0 saturated carbocycles. The molecule has 6 rings (SSSR count). The van der Waals surface area contributed by atoms with Crippen LogP contribution >= 0.6 is 22.9 Å². The minimum atomic E-state index is -4.27. The van der Waals surface area contributed by atoms with Gasteiger partial charge in [0.2, 0.25) is 5.88 Å². The maximum absolute atomic E-state index is 14.0. The molecule has 3 aromatic carbocycles. The first kappa shape index (κ1) is 30.7. The zero-order valence-corrected chi connectivity index (χ0v) is 26.4.